The molecule has 34 nitrogen and oxygen atoms in total. The molecule has 2 aromatic rings. The van der Waals surface area contributed by atoms with Crippen LogP contribution >= 0.6 is 12.6 Å². The lowest BCUT2D eigenvalue weighted by molar-refractivity contribution is -0.141. The molecule has 0 radical (unpaired) electrons. The number of ether oxygens (including phenoxy) is 6. The van der Waals surface area contributed by atoms with Gasteiger partial charge >= 0.3 is 5.97 Å². The maximum Gasteiger partial charge on any atom is 0.305 e. The second-order valence-corrected chi connectivity index (χ2v) is 21.0. The van der Waals surface area contributed by atoms with Crippen LogP contribution in [0.25, 0.3) is 0 Å². The lowest BCUT2D eigenvalue weighted by Crippen LogP contribution is -2.58. The number of guanidine groups is 1. The van der Waals surface area contributed by atoms with Crippen LogP contribution in [-0.2, 0) is 95.9 Å². The molecule has 9 amide bonds. The topological polar surface area (TPSA) is 502 Å². The molecular weight excluding hydrogens is 1210 g/mol. The van der Waals surface area contributed by atoms with E-state index in [0.717, 1.165) is 0 Å². The highest BCUT2D eigenvalue weighted by Gasteiger charge is 2.33. The number of unbranched alkanes of at least 4 members (excludes halogenated alkanes) is 2. The van der Waals surface area contributed by atoms with Gasteiger partial charge in [0.1, 0.15) is 35.9 Å². The fraction of sp³-hybridized carbons (Fsp3) is 0.661. The summed E-state index contributed by atoms with van der Waals surface area (Å²) in [6.07, 6.45) is 2.56. The van der Waals surface area contributed by atoms with E-state index < -0.39 is 102 Å². The zero-order chi connectivity index (χ0) is 66.4. The number of aliphatic carboxylic acids is 1. The van der Waals surface area contributed by atoms with Gasteiger partial charge in [-0.2, -0.15) is 12.6 Å². The van der Waals surface area contributed by atoms with Gasteiger partial charge in [-0.1, -0.05) is 35.5 Å². The number of carboxylic acid groups (broad SMARTS) is 1. The highest BCUT2D eigenvalue weighted by molar-refractivity contribution is 7.81. The minimum absolute atomic E-state index is 0.00549. The smallest absolute Gasteiger partial charge is 0.305 e. The molecule has 0 spiro atoms. The van der Waals surface area contributed by atoms with Crippen molar-refractivity contribution in [3.63, 3.8) is 0 Å². The number of nitrogens with one attached hydrogen (secondary N) is 9. The van der Waals surface area contributed by atoms with E-state index in [9.17, 15) is 53.1 Å². The van der Waals surface area contributed by atoms with Gasteiger partial charge in [0.2, 0.25) is 53.2 Å². The summed E-state index contributed by atoms with van der Waals surface area (Å²) in [5, 5.41) is 41.1. The van der Waals surface area contributed by atoms with Gasteiger partial charge in [-0.3, -0.25) is 52.9 Å². The molecule has 510 valence electrons. The molecular formula is C56H93N17O17S. The predicted molar refractivity (Wildman–Crippen MR) is 331 cm³/mol. The molecule has 1 fully saturated rings. The van der Waals surface area contributed by atoms with Crippen molar-refractivity contribution < 1.29 is 81.5 Å². The van der Waals surface area contributed by atoms with Crippen molar-refractivity contribution in [1.29, 1.82) is 0 Å². The highest BCUT2D eigenvalue weighted by Crippen LogP contribution is 2.11. The Labute approximate surface area is 533 Å². The zero-order valence-corrected chi connectivity index (χ0v) is 52.3. The molecule has 2 unspecified atom stereocenters. The summed E-state index contributed by atoms with van der Waals surface area (Å²) in [6, 6.07) is 1.06. The van der Waals surface area contributed by atoms with Crippen molar-refractivity contribution in [3.8, 4) is 0 Å². The van der Waals surface area contributed by atoms with E-state index in [0.29, 0.717) is 110 Å². The number of aliphatic imine (C=N–C) groups is 1. The summed E-state index contributed by atoms with van der Waals surface area (Å²) in [7, 11) is 0. The molecule has 0 bridgehead atoms. The molecule has 35 heteroatoms. The summed E-state index contributed by atoms with van der Waals surface area (Å²) in [4.78, 5) is 135. The number of nitrogens with two attached hydrogens (primary N) is 4. The first-order valence-corrected chi connectivity index (χ1v) is 30.8. The zero-order valence-electron chi connectivity index (χ0n) is 51.4. The number of amides is 9. The number of hydrogen-bond donors (Lipinski definition) is 15. The molecule has 3 rings (SSSR count). The van der Waals surface area contributed by atoms with Gasteiger partial charge in [0.05, 0.1) is 123 Å². The Morgan fingerprint density at radius 3 is 1.87 bits per heavy atom. The largest absolute Gasteiger partial charge is 0.481 e. The van der Waals surface area contributed by atoms with Crippen LogP contribution in [0.1, 0.15) is 81.9 Å². The Morgan fingerprint density at radius 2 is 1.24 bits per heavy atom. The minimum Gasteiger partial charge on any atom is -0.481 e. The van der Waals surface area contributed by atoms with Gasteiger partial charge in [-0.25, -0.2) is 4.68 Å². The quantitative estimate of drug-likeness (QED) is 0.00969. The van der Waals surface area contributed by atoms with Gasteiger partial charge in [0, 0.05) is 32.5 Å². The number of hydrogen-bond acceptors (Lipinski definition) is 22. The summed E-state index contributed by atoms with van der Waals surface area (Å²) >= 11 is 3.99. The number of carboxylic acids is 1. The number of carbonyl (C=O) groups is 10. The van der Waals surface area contributed by atoms with E-state index in [2.05, 4.69) is 75.8 Å². The third-order valence-electron chi connectivity index (χ3n) is 13.3. The van der Waals surface area contributed by atoms with Crippen molar-refractivity contribution in [2.75, 3.05) is 111 Å². The maximum atomic E-state index is 14.1. The third kappa shape index (κ3) is 36.1. The number of aromatic nitrogens is 3. The van der Waals surface area contributed by atoms with E-state index in [1.54, 1.807) is 41.2 Å². The average Bonchev–Trinajstić information content (AvgIpc) is 4.22. The van der Waals surface area contributed by atoms with E-state index >= 15 is 0 Å². The monoisotopic (exact) mass is 1310 g/mol. The number of rotatable bonds is 46. The molecule has 1 saturated heterocycles. The Hall–Kier alpha value is -7.64. The molecule has 2 heterocycles. The first kappa shape index (κ1) is 77.6. The predicted octanol–water partition coefficient (Wildman–Crippen LogP) is -5.15. The second-order valence-electron chi connectivity index (χ2n) is 20.6. The van der Waals surface area contributed by atoms with Crippen LogP contribution in [0.5, 0.6) is 0 Å². The summed E-state index contributed by atoms with van der Waals surface area (Å²) in [6.45, 7) is 4.91. The van der Waals surface area contributed by atoms with Gasteiger partial charge in [0.15, 0.2) is 5.96 Å². The summed E-state index contributed by atoms with van der Waals surface area (Å²) in [5.41, 5.74) is 23.4. The molecule has 6 atom stereocenters. The number of benzene rings is 1. The van der Waals surface area contributed by atoms with Gasteiger partial charge < -0.3 is 104 Å². The molecule has 0 aliphatic carbocycles. The van der Waals surface area contributed by atoms with Crippen LogP contribution in [-0.4, -0.2) is 233 Å². The summed E-state index contributed by atoms with van der Waals surface area (Å²) in [5.74, 6) is -7.96. The molecule has 1 aliphatic rings. The molecule has 1 aromatic carbocycles. The first-order chi connectivity index (χ1) is 43.9. The molecule has 1 aromatic heterocycles. The van der Waals surface area contributed by atoms with Crippen molar-refractivity contribution in [2.45, 2.75) is 126 Å². The van der Waals surface area contributed by atoms with Crippen LogP contribution < -0.4 is 70.8 Å². The van der Waals surface area contributed by atoms with Crippen molar-refractivity contribution in [2.24, 2.45) is 27.9 Å². The van der Waals surface area contributed by atoms with Crippen molar-refractivity contribution in [3.05, 3.63) is 47.8 Å². The normalized spacial score (nSPS) is 17.1. The Kier molecular flexibility index (Phi) is 40.3. The standard InChI is InChI=1S/C56H93N17O17S/c57-37-90-30-29-89-28-27-88-26-25-87-24-23-86-22-21-85-20-19-73-35-39(71-72-73)33-64-52(81)43(66-48(76)36-91)14-15-46(74)61-16-6-4-11-40(58)50(79)62-17-7-5-12-42-53(82)68-41(13-8-18-63-56(59)60)51(80)65-34-47(75)67-45(32-49(77)78)55(84)70-44(54(83)69-42)31-38-9-2-1-3-10-38/h1-3,9-10,35,40-45,91H,4-8,11-34,36-37,57-58H2,(H,61,74)(H,62,79)(H,64,81)(H,65,80)(H,66,76)(H,67,75)(H,68,82)(H,69,83)(H,70,84)(H,77,78)(H4,59,60,63)/t40?,41-,42-,43?,44+,45-/m0/s1. The summed E-state index contributed by atoms with van der Waals surface area (Å²) < 4.78 is 33.9. The van der Waals surface area contributed by atoms with Crippen LogP contribution in [0, 0.1) is 0 Å². The van der Waals surface area contributed by atoms with Gasteiger partial charge in [0.25, 0.3) is 0 Å². The van der Waals surface area contributed by atoms with Gasteiger partial charge in [-0.15, -0.1) is 5.10 Å². The maximum absolute atomic E-state index is 14.1. The molecule has 1 aliphatic heterocycles. The lowest BCUT2D eigenvalue weighted by atomic mass is 10.0. The fourth-order valence-electron chi connectivity index (χ4n) is 8.54. The molecule has 91 heavy (non-hydrogen) atoms. The van der Waals surface area contributed by atoms with Crippen molar-refractivity contribution >= 4 is 77.7 Å². The molecule has 18 N–H and O–H groups in total. The van der Waals surface area contributed by atoms with Crippen LogP contribution in [0.15, 0.2) is 41.5 Å². The van der Waals surface area contributed by atoms with Crippen LogP contribution in [0.3, 0.4) is 0 Å². The van der Waals surface area contributed by atoms with E-state index in [1.807, 2.05) is 0 Å². The number of carbonyl (C=O) groups excluding carboxylic acids is 9. The van der Waals surface area contributed by atoms with Crippen LogP contribution in [0.2, 0.25) is 0 Å². The van der Waals surface area contributed by atoms with E-state index in [4.69, 9.17) is 51.4 Å². The number of thiol groups is 1. The van der Waals surface area contributed by atoms with E-state index in [-0.39, 0.29) is 102 Å². The fourth-order valence-corrected chi connectivity index (χ4v) is 8.64. The number of nitrogens with zero attached hydrogens (tertiary/aromatic N) is 4. The highest BCUT2D eigenvalue weighted by atomic mass is 32.1. The van der Waals surface area contributed by atoms with Gasteiger partial charge in [-0.05, 0) is 63.4 Å². The lowest BCUT2D eigenvalue weighted by Gasteiger charge is -2.26. The van der Waals surface area contributed by atoms with Crippen LogP contribution in [0.4, 0.5) is 0 Å². The third-order valence-corrected chi connectivity index (χ3v) is 13.6. The SMILES string of the molecule is NCOCCOCCOCCOCCOCCOCCn1cc(CNC(=O)C(CCC(=O)NCCCCC(N)C(=O)NCCCC[C@@H]2NC(=O)[C@@H](Cc3ccccc3)NC(=O)[C@H](CC(=O)O)NC(=O)CNC(=O)[C@H](CCCN=C(N)N)NC2=O)NC(=O)CS)nn1. The Balaban J connectivity index is 1.41. The first-order valence-electron chi connectivity index (χ1n) is 30.2. The Bertz CT molecular complexity index is 2550. The molecule has 0 saturated carbocycles. The average molecular weight is 1310 g/mol. The minimum atomic E-state index is -1.64. The van der Waals surface area contributed by atoms with E-state index in [1.165, 1.54) is 0 Å². The second kappa shape index (κ2) is 47.3. The van der Waals surface area contributed by atoms with Crippen molar-refractivity contribution in [1.82, 2.24) is 62.8 Å². The Morgan fingerprint density at radius 1 is 0.670 bits per heavy atom.